The fourth-order valence-corrected chi connectivity index (χ4v) is 15.8. The molecule has 0 aliphatic carbocycles. The number of ether oxygens (including phenoxy) is 2. The predicted molar refractivity (Wildman–Crippen MR) is 360 cm³/mol. The highest BCUT2D eigenvalue weighted by atomic mass is 32.2. The zero-order chi connectivity index (χ0) is 61.5. The first-order valence-electron chi connectivity index (χ1n) is 29.9. The Balaban J connectivity index is 0.000000151. The molecule has 12 aromatic rings. The van der Waals surface area contributed by atoms with Gasteiger partial charge in [0.15, 0.2) is 23.0 Å². The monoisotopic (exact) mass is 1210 g/mol. The fourth-order valence-electron chi connectivity index (χ4n) is 13.2. The Morgan fingerprint density at radius 2 is 0.411 bits per heavy atom. The summed E-state index contributed by atoms with van der Waals surface area (Å²) in [5.74, 6) is 2.96. The largest absolute Gasteiger partial charge is 0.453 e. The van der Waals surface area contributed by atoms with Crippen molar-refractivity contribution >= 4 is 87.9 Å². The van der Waals surface area contributed by atoms with E-state index in [9.17, 15) is 16.8 Å². The highest BCUT2D eigenvalue weighted by molar-refractivity contribution is 7.91. The SMILES string of the molecule is CC1(C)c2ccccc2N(c2ccc(S(=O)(=O)c3ccc(N4c5ccccc5C(C)(C)c5ccccc54)cc3)cc2)c2ccccc21.O=S(=O)(c1ccc(N2c3ccccc3Oc3ccccc32)cc1)c1ccc(N2c3ccccc3Oc3ccccc32)cc1. The van der Waals surface area contributed by atoms with E-state index in [1.807, 2.05) is 146 Å². The molecule has 12 heteroatoms. The van der Waals surface area contributed by atoms with E-state index < -0.39 is 19.7 Å². The standard InChI is InChI=1S/C42H36N2O2S.C36H24N2O4S/c1-41(2)33-13-5-9-17-37(33)43(38-18-10-6-14-34(38)41)29-21-25-31(26-22-29)47(45,46)32-27-23-30(24-28-32)44-39-19-11-7-15-35(39)42(3,4)36-16-8-12-20-40(36)44;39-43(40,27-21-17-25(18-22-27)37-29-9-1-5-13-33(29)41-34-14-6-2-10-30(34)37)28-23-19-26(20-24-28)38-31-11-3-7-15-35(31)42-36-16-8-4-12-32(36)38/h5-28H,1-4H3;1-24H. The van der Waals surface area contributed by atoms with Crippen LogP contribution < -0.4 is 29.1 Å². The van der Waals surface area contributed by atoms with Gasteiger partial charge in [-0.15, -0.1) is 0 Å². The molecule has 0 aromatic heterocycles. The highest BCUT2D eigenvalue weighted by Gasteiger charge is 2.39. The first-order valence-corrected chi connectivity index (χ1v) is 32.9. The number of hydrogen-bond acceptors (Lipinski definition) is 10. The lowest BCUT2D eigenvalue weighted by Crippen LogP contribution is -2.30. The van der Waals surface area contributed by atoms with Crippen molar-refractivity contribution in [2.24, 2.45) is 0 Å². The van der Waals surface area contributed by atoms with Gasteiger partial charge in [0, 0.05) is 33.6 Å². The number of para-hydroxylation sites is 12. The highest BCUT2D eigenvalue weighted by Crippen LogP contribution is 2.55. The number of rotatable bonds is 8. The molecule has 0 radical (unpaired) electrons. The maximum absolute atomic E-state index is 13.9. The number of sulfone groups is 2. The third-order valence-electron chi connectivity index (χ3n) is 17.8. The molecule has 0 bridgehead atoms. The summed E-state index contributed by atoms with van der Waals surface area (Å²) in [6.45, 7) is 9.03. The normalized spacial score (nSPS) is 14.4. The number of anilines is 12. The molecule has 16 rings (SSSR count). The lowest BCUT2D eigenvalue weighted by Gasteiger charge is -2.42. The van der Waals surface area contributed by atoms with Crippen LogP contribution in [0.4, 0.5) is 68.2 Å². The molecule has 4 aliphatic rings. The molecule has 440 valence electrons. The Kier molecular flexibility index (Phi) is 13.4. The summed E-state index contributed by atoms with van der Waals surface area (Å²) in [6.07, 6.45) is 0. The molecular weight excluding hydrogens is 1150 g/mol. The Bertz CT molecular complexity index is 4520. The molecule has 4 heterocycles. The number of fused-ring (bicyclic) bond motifs is 8. The van der Waals surface area contributed by atoms with E-state index in [-0.39, 0.29) is 30.4 Å². The van der Waals surface area contributed by atoms with Crippen molar-refractivity contribution in [1.29, 1.82) is 0 Å². The second-order valence-corrected chi connectivity index (χ2v) is 27.6. The zero-order valence-electron chi connectivity index (χ0n) is 49.8. The smallest absolute Gasteiger partial charge is 0.206 e. The molecule has 4 aliphatic heterocycles. The lowest BCUT2D eigenvalue weighted by atomic mass is 9.73. The third-order valence-corrected chi connectivity index (χ3v) is 21.3. The molecule has 10 nitrogen and oxygen atoms in total. The van der Waals surface area contributed by atoms with E-state index in [2.05, 4.69) is 144 Å². The van der Waals surface area contributed by atoms with Gasteiger partial charge >= 0.3 is 0 Å². The molecule has 0 N–H and O–H groups in total. The lowest BCUT2D eigenvalue weighted by molar-refractivity contribution is 0.477. The molecule has 0 saturated heterocycles. The van der Waals surface area contributed by atoms with Crippen LogP contribution in [-0.2, 0) is 30.5 Å². The molecule has 0 spiro atoms. The van der Waals surface area contributed by atoms with Crippen LogP contribution in [0.5, 0.6) is 23.0 Å². The van der Waals surface area contributed by atoms with Crippen molar-refractivity contribution in [1.82, 2.24) is 0 Å². The molecule has 90 heavy (non-hydrogen) atoms. The topological polar surface area (TPSA) is 99.7 Å². The number of nitrogens with zero attached hydrogens (tertiary/aromatic N) is 4. The summed E-state index contributed by atoms with van der Waals surface area (Å²) in [4.78, 5) is 9.61. The second-order valence-electron chi connectivity index (χ2n) is 23.7. The van der Waals surface area contributed by atoms with Crippen LogP contribution in [0.2, 0.25) is 0 Å². The first-order chi connectivity index (χ1) is 43.7. The van der Waals surface area contributed by atoms with Gasteiger partial charge in [-0.3, -0.25) is 0 Å². The third kappa shape index (κ3) is 9.20. The molecular formula is C78H60N4O6S2. The van der Waals surface area contributed by atoms with E-state index in [1.165, 1.54) is 22.3 Å². The van der Waals surface area contributed by atoms with Crippen LogP contribution in [0.3, 0.4) is 0 Å². The van der Waals surface area contributed by atoms with E-state index in [4.69, 9.17) is 9.47 Å². The molecule has 0 saturated carbocycles. The van der Waals surface area contributed by atoms with E-state index >= 15 is 0 Å². The molecule has 0 fully saturated rings. The van der Waals surface area contributed by atoms with Crippen LogP contribution >= 0.6 is 0 Å². The van der Waals surface area contributed by atoms with Gasteiger partial charge in [0.25, 0.3) is 0 Å². The summed E-state index contributed by atoms with van der Waals surface area (Å²) >= 11 is 0. The van der Waals surface area contributed by atoms with Gasteiger partial charge in [-0.1, -0.05) is 149 Å². The second kappa shape index (κ2) is 21.6. The average Bonchev–Trinajstić information content (AvgIpc) is 0.789. The van der Waals surface area contributed by atoms with Gasteiger partial charge in [-0.25, -0.2) is 16.8 Å². The van der Waals surface area contributed by atoms with Crippen molar-refractivity contribution in [2.45, 2.75) is 58.1 Å². The summed E-state index contributed by atoms with van der Waals surface area (Å²) in [5, 5.41) is 0. The van der Waals surface area contributed by atoms with E-state index in [1.54, 1.807) is 48.5 Å². The van der Waals surface area contributed by atoms with Crippen LogP contribution in [0.1, 0.15) is 49.9 Å². The summed E-state index contributed by atoms with van der Waals surface area (Å²) < 4.78 is 67.6. The molecule has 12 aromatic carbocycles. The van der Waals surface area contributed by atoms with Crippen LogP contribution in [0.25, 0.3) is 0 Å². The van der Waals surface area contributed by atoms with Crippen molar-refractivity contribution in [3.8, 4) is 23.0 Å². The summed E-state index contributed by atoms with van der Waals surface area (Å²) in [6, 6.07) is 93.6. The van der Waals surface area contributed by atoms with E-state index in [0.717, 1.165) is 91.2 Å². The van der Waals surface area contributed by atoms with Crippen molar-refractivity contribution in [3.63, 3.8) is 0 Å². The summed E-state index contributed by atoms with van der Waals surface area (Å²) in [5.41, 5.74) is 16.1. The average molecular weight is 1210 g/mol. The quantitative estimate of drug-likeness (QED) is 0.146. The van der Waals surface area contributed by atoms with Gasteiger partial charge < -0.3 is 29.1 Å². The van der Waals surface area contributed by atoms with Crippen molar-refractivity contribution in [2.75, 3.05) is 19.6 Å². The van der Waals surface area contributed by atoms with Gasteiger partial charge in [0.05, 0.1) is 65.1 Å². The van der Waals surface area contributed by atoms with Crippen molar-refractivity contribution in [3.05, 3.63) is 313 Å². The molecule has 0 atom stereocenters. The number of benzene rings is 12. The zero-order valence-corrected chi connectivity index (χ0v) is 51.4. The van der Waals surface area contributed by atoms with Crippen molar-refractivity contribution < 1.29 is 26.3 Å². The molecule has 0 amide bonds. The Hall–Kier alpha value is -10.7. The summed E-state index contributed by atoms with van der Waals surface area (Å²) in [7, 11) is -7.51. The minimum atomic E-state index is -3.76. The van der Waals surface area contributed by atoms with Crippen LogP contribution in [-0.4, -0.2) is 16.8 Å². The maximum atomic E-state index is 13.9. The minimum Gasteiger partial charge on any atom is -0.453 e. The Morgan fingerprint density at radius 1 is 0.233 bits per heavy atom. The fraction of sp³-hybridized carbons (Fsp3) is 0.0769. The Morgan fingerprint density at radius 3 is 0.633 bits per heavy atom. The maximum Gasteiger partial charge on any atom is 0.206 e. The predicted octanol–water partition coefficient (Wildman–Crippen LogP) is 20.4. The molecule has 0 unspecified atom stereocenters. The minimum absolute atomic E-state index is 0.159. The van der Waals surface area contributed by atoms with E-state index in [0.29, 0.717) is 0 Å². The van der Waals surface area contributed by atoms with Crippen LogP contribution in [0.15, 0.2) is 311 Å². The van der Waals surface area contributed by atoms with Gasteiger partial charge in [0.1, 0.15) is 0 Å². The number of hydrogen-bond donors (Lipinski definition) is 0. The van der Waals surface area contributed by atoms with Crippen LogP contribution in [0, 0.1) is 0 Å². The van der Waals surface area contributed by atoms with Gasteiger partial charge in [-0.2, -0.15) is 0 Å². The first kappa shape index (κ1) is 55.9. The van der Waals surface area contributed by atoms with Gasteiger partial charge in [-0.05, 0) is 192 Å². The van der Waals surface area contributed by atoms with Gasteiger partial charge in [0.2, 0.25) is 19.7 Å². The Labute approximate surface area is 525 Å².